The normalized spacial score (nSPS) is 33.9. The van der Waals surface area contributed by atoms with Crippen molar-refractivity contribution in [2.24, 2.45) is 5.92 Å². The zero-order chi connectivity index (χ0) is 11.0. The summed E-state index contributed by atoms with van der Waals surface area (Å²) in [6.45, 7) is 0.980. The minimum Gasteiger partial charge on any atom is -0.469 e. The second-order valence-corrected chi connectivity index (χ2v) is 4.93. The van der Waals surface area contributed by atoms with Crippen LogP contribution in [-0.4, -0.2) is 48.1 Å². The fraction of sp³-hybridized carbons (Fsp3) is 0.778. The number of ether oxygens (including phenoxy) is 2. The highest BCUT2D eigenvalue weighted by Crippen LogP contribution is 2.36. The molecule has 5 nitrogen and oxygen atoms in total. The number of carbonyl (C=O) groups is 2. The topological polar surface area (TPSA) is 55.8 Å². The van der Waals surface area contributed by atoms with Crippen molar-refractivity contribution in [1.29, 1.82) is 0 Å². The summed E-state index contributed by atoms with van der Waals surface area (Å²) in [6.07, 6.45) is 0.0429. The number of amides is 1. The van der Waals surface area contributed by atoms with Crippen LogP contribution in [0.2, 0.25) is 0 Å². The Kier molecular flexibility index (Phi) is 2.86. The molecule has 1 amide bonds. The van der Waals surface area contributed by atoms with E-state index in [1.54, 1.807) is 4.90 Å². The summed E-state index contributed by atoms with van der Waals surface area (Å²) in [5.41, 5.74) is 0. The number of nitrogens with zero attached hydrogens (tertiary/aromatic N) is 1. The molecule has 0 aromatic rings. The van der Waals surface area contributed by atoms with Gasteiger partial charge in [0, 0.05) is 17.3 Å². The standard InChI is InChI=1S/C9H12BrNO4/c1-14-8(12)2-5-6(10)3-11-7(5)4-15-9(11)13/h5-7H,2-4H2,1H3/t5-,6-,7+/m0/s1. The lowest BCUT2D eigenvalue weighted by Gasteiger charge is -2.16. The van der Waals surface area contributed by atoms with Crippen molar-refractivity contribution >= 4 is 28.0 Å². The summed E-state index contributed by atoms with van der Waals surface area (Å²) in [7, 11) is 1.37. The average molecular weight is 278 g/mol. The van der Waals surface area contributed by atoms with Crippen molar-refractivity contribution in [2.45, 2.75) is 17.3 Å². The van der Waals surface area contributed by atoms with Crippen molar-refractivity contribution in [1.82, 2.24) is 4.90 Å². The largest absolute Gasteiger partial charge is 0.469 e. The third-order valence-electron chi connectivity index (χ3n) is 2.97. The molecule has 15 heavy (non-hydrogen) atoms. The molecule has 0 aromatic heterocycles. The van der Waals surface area contributed by atoms with E-state index in [2.05, 4.69) is 20.7 Å². The Balaban J connectivity index is 2.05. The van der Waals surface area contributed by atoms with E-state index in [-0.39, 0.29) is 28.8 Å². The maximum atomic E-state index is 11.3. The molecule has 84 valence electrons. The lowest BCUT2D eigenvalue weighted by Crippen LogP contribution is -2.31. The summed E-state index contributed by atoms with van der Waals surface area (Å²) in [5, 5.41) is 0. The zero-order valence-corrected chi connectivity index (χ0v) is 9.90. The van der Waals surface area contributed by atoms with E-state index in [9.17, 15) is 9.59 Å². The molecule has 0 radical (unpaired) electrons. The van der Waals surface area contributed by atoms with Gasteiger partial charge in [-0.2, -0.15) is 0 Å². The highest BCUT2D eigenvalue weighted by molar-refractivity contribution is 9.09. The van der Waals surface area contributed by atoms with E-state index < -0.39 is 0 Å². The maximum Gasteiger partial charge on any atom is 0.410 e. The zero-order valence-electron chi connectivity index (χ0n) is 8.31. The number of cyclic esters (lactones) is 1. The third kappa shape index (κ3) is 1.82. The molecular formula is C9H12BrNO4. The lowest BCUT2D eigenvalue weighted by atomic mass is 9.97. The predicted molar refractivity (Wildman–Crippen MR) is 54.7 cm³/mol. The first-order valence-electron chi connectivity index (χ1n) is 4.77. The number of hydrogen-bond donors (Lipinski definition) is 0. The smallest absolute Gasteiger partial charge is 0.410 e. The van der Waals surface area contributed by atoms with Crippen molar-refractivity contribution in [2.75, 3.05) is 20.3 Å². The van der Waals surface area contributed by atoms with Crippen LogP contribution in [0.25, 0.3) is 0 Å². The Morgan fingerprint density at radius 3 is 3.13 bits per heavy atom. The molecule has 3 atom stereocenters. The number of carbonyl (C=O) groups excluding carboxylic acids is 2. The van der Waals surface area contributed by atoms with Crippen LogP contribution in [0, 0.1) is 5.92 Å². The van der Waals surface area contributed by atoms with Gasteiger partial charge in [0.25, 0.3) is 0 Å². The number of halogens is 1. The van der Waals surface area contributed by atoms with E-state index in [0.717, 1.165) is 0 Å². The number of fused-ring (bicyclic) bond motifs is 1. The highest BCUT2D eigenvalue weighted by Gasteiger charge is 2.48. The summed E-state index contributed by atoms with van der Waals surface area (Å²) >= 11 is 3.49. The second-order valence-electron chi connectivity index (χ2n) is 3.76. The number of hydrogen-bond acceptors (Lipinski definition) is 4. The van der Waals surface area contributed by atoms with Gasteiger partial charge in [-0.1, -0.05) is 15.9 Å². The monoisotopic (exact) mass is 277 g/mol. The number of alkyl halides is 1. The number of methoxy groups -OCH3 is 1. The van der Waals surface area contributed by atoms with Crippen LogP contribution in [0.4, 0.5) is 4.79 Å². The fourth-order valence-electron chi connectivity index (χ4n) is 2.13. The molecule has 0 saturated carbocycles. The Labute approximate surface area is 95.8 Å². The quantitative estimate of drug-likeness (QED) is 0.553. The molecule has 2 saturated heterocycles. The minimum atomic E-state index is -0.281. The van der Waals surface area contributed by atoms with Gasteiger partial charge in [0.15, 0.2) is 0 Å². The van der Waals surface area contributed by atoms with Crippen molar-refractivity contribution < 1.29 is 19.1 Å². The minimum absolute atomic E-state index is 0.0148. The van der Waals surface area contributed by atoms with Crippen LogP contribution >= 0.6 is 15.9 Å². The predicted octanol–water partition coefficient (Wildman–Crippen LogP) is 0.764. The summed E-state index contributed by atoms with van der Waals surface area (Å²) in [6, 6.07) is 0.0148. The SMILES string of the molecule is COC(=O)C[C@@H]1[C@H]2COC(=O)N2C[C@@H]1Br. The Morgan fingerprint density at radius 2 is 2.47 bits per heavy atom. The Morgan fingerprint density at radius 1 is 1.73 bits per heavy atom. The van der Waals surface area contributed by atoms with Crippen LogP contribution < -0.4 is 0 Å². The van der Waals surface area contributed by atoms with Gasteiger partial charge < -0.3 is 14.4 Å². The molecule has 2 aliphatic heterocycles. The highest BCUT2D eigenvalue weighted by atomic mass is 79.9. The van der Waals surface area contributed by atoms with Crippen molar-refractivity contribution in [3.05, 3.63) is 0 Å². The van der Waals surface area contributed by atoms with E-state index in [1.165, 1.54) is 7.11 Å². The molecule has 2 fully saturated rings. The van der Waals surface area contributed by atoms with Crippen LogP contribution in [0.5, 0.6) is 0 Å². The fourth-order valence-corrected chi connectivity index (χ4v) is 2.98. The van der Waals surface area contributed by atoms with Gasteiger partial charge in [-0.3, -0.25) is 4.79 Å². The van der Waals surface area contributed by atoms with E-state index in [1.807, 2.05) is 0 Å². The summed E-state index contributed by atoms with van der Waals surface area (Å²) in [5.74, 6) is -0.158. The molecule has 0 aromatic carbocycles. The van der Waals surface area contributed by atoms with Gasteiger partial charge in [-0.05, 0) is 0 Å². The van der Waals surface area contributed by atoms with Gasteiger partial charge in [-0.15, -0.1) is 0 Å². The third-order valence-corrected chi connectivity index (χ3v) is 3.94. The first kappa shape index (κ1) is 10.7. The molecule has 0 unspecified atom stereocenters. The first-order chi connectivity index (χ1) is 7.13. The van der Waals surface area contributed by atoms with Gasteiger partial charge in [0.1, 0.15) is 6.61 Å². The van der Waals surface area contributed by atoms with Crippen LogP contribution in [0.15, 0.2) is 0 Å². The average Bonchev–Trinajstić information content (AvgIpc) is 2.70. The molecule has 0 spiro atoms. The number of rotatable bonds is 2. The first-order valence-corrected chi connectivity index (χ1v) is 5.69. The van der Waals surface area contributed by atoms with E-state index >= 15 is 0 Å². The molecule has 2 aliphatic rings. The van der Waals surface area contributed by atoms with Crippen LogP contribution in [0.3, 0.4) is 0 Å². The molecule has 0 bridgehead atoms. The molecule has 2 rings (SSSR count). The molecule has 6 heteroatoms. The van der Waals surface area contributed by atoms with Gasteiger partial charge in [0.05, 0.1) is 19.6 Å². The van der Waals surface area contributed by atoms with Crippen LogP contribution in [-0.2, 0) is 14.3 Å². The van der Waals surface area contributed by atoms with Gasteiger partial charge in [0.2, 0.25) is 0 Å². The molecule has 2 heterocycles. The Hall–Kier alpha value is -0.780. The van der Waals surface area contributed by atoms with Crippen LogP contribution in [0.1, 0.15) is 6.42 Å². The van der Waals surface area contributed by atoms with Gasteiger partial charge >= 0.3 is 12.1 Å². The molecule has 0 aliphatic carbocycles. The van der Waals surface area contributed by atoms with Gasteiger partial charge in [-0.25, -0.2) is 4.79 Å². The van der Waals surface area contributed by atoms with Crippen molar-refractivity contribution in [3.8, 4) is 0 Å². The maximum absolute atomic E-state index is 11.3. The number of esters is 1. The Bertz CT molecular complexity index is 296. The van der Waals surface area contributed by atoms with Crippen molar-refractivity contribution in [3.63, 3.8) is 0 Å². The summed E-state index contributed by atoms with van der Waals surface area (Å²) in [4.78, 5) is 24.3. The molecular weight excluding hydrogens is 266 g/mol. The molecule has 0 N–H and O–H groups in total. The lowest BCUT2D eigenvalue weighted by molar-refractivity contribution is -0.141. The second kappa shape index (κ2) is 4.00. The summed E-state index contributed by atoms with van der Waals surface area (Å²) < 4.78 is 9.56. The van der Waals surface area contributed by atoms with E-state index in [0.29, 0.717) is 19.6 Å². The van der Waals surface area contributed by atoms with E-state index in [4.69, 9.17) is 4.74 Å².